The van der Waals surface area contributed by atoms with Crippen molar-refractivity contribution in [1.29, 1.82) is 5.26 Å². The number of hydrogen-bond donors (Lipinski definition) is 0. The minimum Gasteiger partial charge on any atom is -0.251 e. The van der Waals surface area contributed by atoms with Crippen molar-refractivity contribution in [2.75, 3.05) is 0 Å². The highest BCUT2D eigenvalue weighted by molar-refractivity contribution is 6.46. The normalized spacial score (nSPS) is 10.7. The second-order valence-electron chi connectivity index (χ2n) is 5.53. The number of rotatable bonds is 3. The maximum absolute atomic E-state index is 9.01. The number of halogens is 6. The summed E-state index contributed by atoms with van der Waals surface area (Å²) < 4.78 is 0. The van der Waals surface area contributed by atoms with Crippen LogP contribution < -0.4 is 0 Å². The van der Waals surface area contributed by atoms with Crippen molar-refractivity contribution in [3.8, 4) is 28.5 Å². The Balaban J connectivity index is 2.37. The van der Waals surface area contributed by atoms with E-state index in [0.29, 0.717) is 48.2 Å². The number of nitriles is 1. The average Bonchev–Trinajstić information content (AvgIpc) is 2.61. The number of aromatic nitrogens is 1. The van der Waals surface area contributed by atoms with E-state index in [1.165, 1.54) is 6.07 Å². The second kappa shape index (κ2) is 8.45. The Kier molecular flexibility index (Phi) is 6.43. The lowest BCUT2D eigenvalue weighted by Gasteiger charge is -2.15. The average molecular weight is 477 g/mol. The van der Waals surface area contributed by atoms with Gasteiger partial charge in [0.15, 0.2) is 0 Å². The van der Waals surface area contributed by atoms with Crippen LogP contribution in [-0.2, 0) is 6.42 Å². The maximum Gasteiger partial charge on any atom is 0.0800 e. The Bertz CT molecular complexity index is 1090. The standard InChI is InChI=1S/C19H8Cl6N2/c20-9-5-13(17(24)15(22)7-9)12-2-1-11(3-4-26)27-19(12)14-6-10(21)8-16(23)18(14)25/h1-2,5-8H,3H2. The fourth-order valence-corrected chi connectivity index (χ4v) is 3.98. The molecule has 2 nitrogen and oxygen atoms in total. The Hall–Kier alpha value is -1.18. The zero-order valence-corrected chi connectivity index (χ0v) is 17.9. The van der Waals surface area contributed by atoms with Gasteiger partial charge in [0.05, 0.1) is 44.0 Å². The Morgan fingerprint density at radius 2 is 1.30 bits per heavy atom. The van der Waals surface area contributed by atoms with Crippen LogP contribution in [0.2, 0.25) is 30.1 Å². The van der Waals surface area contributed by atoms with Gasteiger partial charge in [-0.2, -0.15) is 5.26 Å². The van der Waals surface area contributed by atoms with Crippen LogP contribution in [0.25, 0.3) is 22.4 Å². The van der Waals surface area contributed by atoms with Gasteiger partial charge in [0, 0.05) is 26.7 Å². The molecule has 1 aromatic heterocycles. The van der Waals surface area contributed by atoms with Crippen LogP contribution >= 0.6 is 69.6 Å². The fraction of sp³-hybridized carbons (Fsp3) is 0.0526. The summed E-state index contributed by atoms with van der Waals surface area (Å²) in [6.07, 6.45) is 0.128. The fourth-order valence-electron chi connectivity index (χ4n) is 2.58. The smallest absolute Gasteiger partial charge is 0.0800 e. The SMILES string of the molecule is N#CCc1ccc(-c2cc(Cl)cc(Cl)c2Cl)c(-c2cc(Cl)cc(Cl)c2Cl)n1. The number of benzene rings is 2. The molecule has 1 heterocycles. The van der Waals surface area contributed by atoms with Gasteiger partial charge in [-0.1, -0.05) is 75.7 Å². The van der Waals surface area contributed by atoms with E-state index in [4.69, 9.17) is 74.9 Å². The topological polar surface area (TPSA) is 36.7 Å². The van der Waals surface area contributed by atoms with Crippen LogP contribution in [0.1, 0.15) is 5.69 Å². The predicted molar refractivity (Wildman–Crippen MR) is 114 cm³/mol. The van der Waals surface area contributed by atoms with Crippen molar-refractivity contribution in [2.45, 2.75) is 6.42 Å². The molecular formula is C19H8Cl6N2. The third-order valence-corrected chi connectivity index (χ3v) is 5.78. The van der Waals surface area contributed by atoms with Gasteiger partial charge in [0.1, 0.15) is 0 Å². The Labute approximate surface area is 186 Å². The van der Waals surface area contributed by atoms with Crippen molar-refractivity contribution in [3.05, 3.63) is 72.2 Å². The van der Waals surface area contributed by atoms with Crippen molar-refractivity contribution >= 4 is 69.6 Å². The molecule has 0 bridgehead atoms. The summed E-state index contributed by atoms with van der Waals surface area (Å²) in [6.45, 7) is 0. The van der Waals surface area contributed by atoms with Crippen LogP contribution in [0.4, 0.5) is 0 Å². The van der Waals surface area contributed by atoms with Gasteiger partial charge in [0.2, 0.25) is 0 Å². The summed E-state index contributed by atoms with van der Waals surface area (Å²) in [5.41, 5.74) is 2.75. The highest BCUT2D eigenvalue weighted by atomic mass is 35.5. The minimum atomic E-state index is 0.128. The molecule has 3 aromatic rings. The van der Waals surface area contributed by atoms with Gasteiger partial charge in [0.25, 0.3) is 0 Å². The third kappa shape index (κ3) is 4.30. The molecular weight excluding hydrogens is 469 g/mol. The summed E-state index contributed by atoms with van der Waals surface area (Å²) >= 11 is 37.5. The highest BCUT2D eigenvalue weighted by Crippen LogP contribution is 2.43. The lowest BCUT2D eigenvalue weighted by atomic mass is 9.98. The first-order valence-corrected chi connectivity index (χ1v) is 9.75. The van der Waals surface area contributed by atoms with E-state index in [9.17, 15) is 0 Å². The molecule has 0 N–H and O–H groups in total. The Morgan fingerprint density at radius 3 is 1.89 bits per heavy atom. The summed E-state index contributed by atoms with van der Waals surface area (Å²) in [4.78, 5) is 4.58. The predicted octanol–water partition coefficient (Wildman–Crippen LogP) is 8.40. The molecule has 0 radical (unpaired) electrons. The van der Waals surface area contributed by atoms with E-state index >= 15 is 0 Å². The second-order valence-corrected chi connectivity index (χ2v) is 7.98. The van der Waals surface area contributed by atoms with E-state index in [1.807, 2.05) is 0 Å². The maximum atomic E-state index is 9.01. The molecule has 3 rings (SSSR count). The summed E-state index contributed by atoms with van der Waals surface area (Å²) in [5, 5.41) is 11.0. The van der Waals surface area contributed by atoms with Gasteiger partial charge in [-0.05, 0) is 30.3 Å². The molecule has 0 saturated heterocycles. The largest absolute Gasteiger partial charge is 0.251 e. The summed E-state index contributed by atoms with van der Waals surface area (Å²) in [6, 6.07) is 12.0. The van der Waals surface area contributed by atoms with Crippen LogP contribution in [0.5, 0.6) is 0 Å². The van der Waals surface area contributed by atoms with Crippen LogP contribution in [0, 0.1) is 11.3 Å². The lowest BCUT2D eigenvalue weighted by Crippen LogP contribution is -1.97. The molecule has 0 unspecified atom stereocenters. The molecule has 27 heavy (non-hydrogen) atoms. The molecule has 0 aliphatic rings. The van der Waals surface area contributed by atoms with Crippen molar-refractivity contribution in [1.82, 2.24) is 4.98 Å². The number of hydrogen-bond acceptors (Lipinski definition) is 2. The molecule has 0 aliphatic carbocycles. The van der Waals surface area contributed by atoms with Gasteiger partial charge >= 0.3 is 0 Å². The molecule has 0 saturated carbocycles. The molecule has 0 atom stereocenters. The molecule has 8 heteroatoms. The first-order chi connectivity index (χ1) is 12.8. The van der Waals surface area contributed by atoms with Crippen molar-refractivity contribution in [2.24, 2.45) is 0 Å². The van der Waals surface area contributed by atoms with E-state index in [-0.39, 0.29) is 16.5 Å². The van der Waals surface area contributed by atoms with Gasteiger partial charge in [-0.25, -0.2) is 0 Å². The monoisotopic (exact) mass is 474 g/mol. The summed E-state index contributed by atoms with van der Waals surface area (Å²) in [5.74, 6) is 0. The molecule has 0 amide bonds. The molecule has 2 aromatic carbocycles. The van der Waals surface area contributed by atoms with Crippen LogP contribution in [-0.4, -0.2) is 4.98 Å². The minimum absolute atomic E-state index is 0.128. The van der Waals surface area contributed by atoms with E-state index < -0.39 is 0 Å². The zero-order valence-electron chi connectivity index (χ0n) is 13.3. The van der Waals surface area contributed by atoms with Crippen LogP contribution in [0.3, 0.4) is 0 Å². The van der Waals surface area contributed by atoms with E-state index in [0.717, 1.165) is 0 Å². The molecule has 0 aliphatic heterocycles. The molecule has 0 spiro atoms. The highest BCUT2D eigenvalue weighted by Gasteiger charge is 2.19. The Morgan fingerprint density at radius 1 is 0.741 bits per heavy atom. The van der Waals surface area contributed by atoms with Crippen molar-refractivity contribution < 1.29 is 0 Å². The molecule has 136 valence electrons. The quantitative estimate of drug-likeness (QED) is 0.356. The van der Waals surface area contributed by atoms with E-state index in [2.05, 4.69) is 11.1 Å². The summed E-state index contributed by atoms with van der Waals surface area (Å²) in [7, 11) is 0. The van der Waals surface area contributed by atoms with Gasteiger partial charge in [-0.15, -0.1) is 0 Å². The first kappa shape index (κ1) is 20.6. The number of pyridine rings is 1. The van der Waals surface area contributed by atoms with E-state index in [1.54, 1.807) is 30.3 Å². The lowest BCUT2D eigenvalue weighted by molar-refractivity contribution is 1.12. The third-order valence-electron chi connectivity index (χ3n) is 3.74. The van der Waals surface area contributed by atoms with Crippen molar-refractivity contribution in [3.63, 3.8) is 0 Å². The van der Waals surface area contributed by atoms with Gasteiger partial charge in [-0.3, -0.25) is 4.98 Å². The molecule has 0 fully saturated rings. The van der Waals surface area contributed by atoms with Gasteiger partial charge < -0.3 is 0 Å². The number of nitrogens with zero attached hydrogens (tertiary/aromatic N) is 2. The zero-order chi connectivity index (χ0) is 19.7. The van der Waals surface area contributed by atoms with Crippen LogP contribution in [0.15, 0.2) is 36.4 Å². The first-order valence-electron chi connectivity index (χ1n) is 7.48.